The fourth-order valence-electron chi connectivity index (χ4n) is 1.68. The summed E-state index contributed by atoms with van der Waals surface area (Å²) in [5, 5.41) is 3.14. The Balaban J connectivity index is 0.000000199. The van der Waals surface area contributed by atoms with Crippen molar-refractivity contribution in [3.8, 4) is 0 Å². The lowest BCUT2D eigenvalue weighted by Crippen LogP contribution is -2.10. The van der Waals surface area contributed by atoms with E-state index >= 15 is 0 Å². The van der Waals surface area contributed by atoms with Crippen LogP contribution in [-0.4, -0.2) is 13.6 Å². The van der Waals surface area contributed by atoms with Crippen molar-refractivity contribution in [3.05, 3.63) is 71.3 Å². The maximum Gasteiger partial charge on any atom is -0.00113 e. The number of benzene rings is 2. The summed E-state index contributed by atoms with van der Waals surface area (Å²) in [4.78, 5) is 0. The van der Waals surface area contributed by atoms with Crippen LogP contribution in [0, 0.1) is 13.8 Å². The summed E-state index contributed by atoms with van der Waals surface area (Å²) in [6, 6.07) is 18.8. The quantitative estimate of drug-likeness (QED) is 0.863. The maximum atomic E-state index is 3.14. The molecule has 0 aromatic heterocycles. The highest BCUT2D eigenvalue weighted by Gasteiger charge is 1.93. The minimum atomic E-state index is 1.06. The molecule has 1 nitrogen and oxygen atoms in total. The molecule has 0 fully saturated rings. The second-order valence-corrected chi connectivity index (χ2v) is 4.43. The van der Waals surface area contributed by atoms with Gasteiger partial charge in [0.1, 0.15) is 0 Å². The SMILES string of the molecule is CNCCc1ccccc1C.Cc1ccccc1. The third-order valence-corrected chi connectivity index (χ3v) is 2.85. The Morgan fingerprint density at radius 2 is 1.44 bits per heavy atom. The van der Waals surface area contributed by atoms with Gasteiger partial charge in [0.05, 0.1) is 0 Å². The lowest BCUT2D eigenvalue weighted by atomic mass is 10.1. The summed E-state index contributed by atoms with van der Waals surface area (Å²) in [7, 11) is 1.98. The smallest absolute Gasteiger partial charge is 0.00113 e. The van der Waals surface area contributed by atoms with E-state index in [1.165, 1.54) is 16.7 Å². The van der Waals surface area contributed by atoms with Crippen LogP contribution in [0.4, 0.5) is 0 Å². The number of nitrogens with one attached hydrogen (secondary N) is 1. The van der Waals surface area contributed by atoms with E-state index in [9.17, 15) is 0 Å². The lowest BCUT2D eigenvalue weighted by Gasteiger charge is -2.03. The molecule has 0 radical (unpaired) electrons. The van der Waals surface area contributed by atoms with E-state index in [0.717, 1.165) is 13.0 Å². The summed E-state index contributed by atoms with van der Waals surface area (Å²) in [6.07, 6.45) is 1.13. The molecule has 0 aliphatic rings. The van der Waals surface area contributed by atoms with Gasteiger partial charge in [0, 0.05) is 0 Å². The first-order valence-corrected chi connectivity index (χ1v) is 6.45. The molecule has 0 saturated carbocycles. The Kier molecular flexibility index (Phi) is 6.82. The molecule has 0 spiro atoms. The number of hydrogen-bond donors (Lipinski definition) is 1. The van der Waals surface area contributed by atoms with Crippen LogP contribution in [0.2, 0.25) is 0 Å². The number of hydrogen-bond acceptors (Lipinski definition) is 1. The number of aryl methyl sites for hydroxylation is 2. The minimum Gasteiger partial charge on any atom is -0.319 e. The van der Waals surface area contributed by atoms with Gasteiger partial charge in [-0.15, -0.1) is 0 Å². The molecule has 2 aromatic rings. The average Bonchev–Trinajstić information content (AvgIpc) is 2.39. The summed E-state index contributed by atoms with van der Waals surface area (Å²) >= 11 is 0. The van der Waals surface area contributed by atoms with Crippen LogP contribution < -0.4 is 5.32 Å². The summed E-state index contributed by atoms with van der Waals surface area (Å²) in [5.74, 6) is 0. The van der Waals surface area contributed by atoms with E-state index in [1.54, 1.807) is 0 Å². The first-order chi connectivity index (χ1) is 8.74. The van der Waals surface area contributed by atoms with Crippen molar-refractivity contribution in [2.45, 2.75) is 20.3 Å². The number of likely N-dealkylation sites (N-methyl/N-ethyl adjacent to an activating group) is 1. The van der Waals surface area contributed by atoms with Crippen LogP contribution in [0.15, 0.2) is 54.6 Å². The maximum absolute atomic E-state index is 3.14. The van der Waals surface area contributed by atoms with Crippen molar-refractivity contribution in [3.63, 3.8) is 0 Å². The van der Waals surface area contributed by atoms with Gasteiger partial charge in [0.2, 0.25) is 0 Å². The van der Waals surface area contributed by atoms with Crippen molar-refractivity contribution < 1.29 is 0 Å². The second-order valence-electron chi connectivity index (χ2n) is 4.43. The molecule has 0 bridgehead atoms. The molecule has 96 valence electrons. The molecule has 1 N–H and O–H groups in total. The highest BCUT2D eigenvalue weighted by atomic mass is 14.8. The van der Waals surface area contributed by atoms with Gasteiger partial charge in [-0.2, -0.15) is 0 Å². The van der Waals surface area contributed by atoms with Gasteiger partial charge in [0.25, 0.3) is 0 Å². The third kappa shape index (κ3) is 5.65. The van der Waals surface area contributed by atoms with E-state index in [1.807, 2.05) is 25.2 Å². The van der Waals surface area contributed by atoms with Crippen molar-refractivity contribution in [2.75, 3.05) is 13.6 Å². The molecule has 0 unspecified atom stereocenters. The average molecular weight is 241 g/mol. The molecule has 1 heteroatoms. The van der Waals surface area contributed by atoms with Crippen molar-refractivity contribution in [2.24, 2.45) is 0 Å². The Morgan fingerprint density at radius 3 is 1.94 bits per heavy atom. The van der Waals surface area contributed by atoms with Crippen LogP contribution >= 0.6 is 0 Å². The lowest BCUT2D eigenvalue weighted by molar-refractivity contribution is 0.788. The molecule has 0 aliphatic carbocycles. The number of rotatable bonds is 3. The zero-order valence-electron chi connectivity index (χ0n) is 11.6. The van der Waals surface area contributed by atoms with Gasteiger partial charge in [-0.05, 0) is 45.0 Å². The molecule has 0 saturated heterocycles. The van der Waals surface area contributed by atoms with Gasteiger partial charge < -0.3 is 5.32 Å². The van der Waals surface area contributed by atoms with Gasteiger partial charge in [0.15, 0.2) is 0 Å². The molecule has 2 aromatic carbocycles. The molecule has 0 aliphatic heterocycles. The molecule has 18 heavy (non-hydrogen) atoms. The molecule has 0 atom stereocenters. The topological polar surface area (TPSA) is 12.0 Å². The Bertz CT molecular complexity index is 434. The fraction of sp³-hybridized carbons (Fsp3) is 0.294. The van der Waals surface area contributed by atoms with E-state index in [-0.39, 0.29) is 0 Å². The van der Waals surface area contributed by atoms with Crippen LogP contribution in [0.3, 0.4) is 0 Å². The van der Waals surface area contributed by atoms with Gasteiger partial charge in [-0.25, -0.2) is 0 Å². The van der Waals surface area contributed by atoms with E-state index in [2.05, 4.69) is 55.6 Å². The van der Waals surface area contributed by atoms with Gasteiger partial charge in [-0.3, -0.25) is 0 Å². The third-order valence-electron chi connectivity index (χ3n) is 2.85. The van der Waals surface area contributed by atoms with E-state index in [0.29, 0.717) is 0 Å². The molecular formula is C17H23N. The highest BCUT2D eigenvalue weighted by Crippen LogP contribution is 2.06. The van der Waals surface area contributed by atoms with Crippen LogP contribution in [0.25, 0.3) is 0 Å². The fourth-order valence-corrected chi connectivity index (χ4v) is 1.68. The van der Waals surface area contributed by atoms with Crippen molar-refractivity contribution >= 4 is 0 Å². The van der Waals surface area contributed by atoms with E-state index < -0.39 is 0 Å². The van der Waals surface area contributed by atoms with E-state index in [4.69, 9.17) is 0 Å². The van der Waals surface area contributed by atoms with Crippen molar-refractivity contribution in [1.82, 2.24) is 5.32 Å². The zero-order chi connectivity index (χ0) is 13.2. The highest BCUT2D eigenvalue weighted by molar-refractivity contribution is 5.25. The standard InChI is InChI=1S/C10H15N.C7H8/c1-9-5-3-4-6-10(9)7-8-11-2;1-7-5-3-2-4-6-7/h3-6,11H,7-8H2,1-2H3;2-6H,1H3. The Labute approximate surface area is 111 Å². The Hall–Kier alpha value is -1.60. The molecule has 0 heterocycles. The summed E-state index contributed by atoms with van der Waals surface area (Å²) < 4.78 is 0. The van der Waals surface area contributed by atoms with Crippen LogP contribution in [-0.2, 0) is 6.42 Å². The van der Waals surface area contributed by atoms with Gasteiger partial charge >= 0.3 is 0 Å². The minimum absolute atomic E-state index is 1.06. The Morgan fingerprint density at radius 1 is 0.833 bits per heavy atom. The molecule has 2 rings (SSSR count). The predicted molar refractivity (Wildman–Crippen MR) is 80.0 cm³/mol. The summed E-state index contributed by atoms with van der Waals surface area (Å²) in [6.45, 7) is 5.30. The summed E-state index contributed by atoms with van der Waals surface area (Å²) in [5.41, 5.74) is 4.16. The first kappa shape index (κ1) is 14.5. The monoisotopic (exact) mass is 241 g/mol. The molecular weight excluding hydrogens is 218 g/mol. The zero-order valence-corrected chi connectivity index (χ0v) is 11.6. The first-order valence-electron chi connectivity index (χ1n) is 6.45. The van der Waals surface area contributed by atoms with Crippen molar-refractivity contribution in [1.29, 1.82) is 0 Å². The normalized spacial score (nSPS) is 9.50. The molecule has 0 amide bonds. The largest absolute Gasteiger partial charge is 0.319 e. The van der Waals surface area contributed by atoms with Crippen LogP contribution in [0.1, 0.15) is 16.7 Å². The predicted octanol–water partition coefficient (Wildman–Crippen LogP) is 3.75. The van der Waals surface area contributed by atoms with Gasteiger partial charge in [-0.1, -0.05) is 60.2 Å². The van der Waals surface area contributed by atoms with Crippen LogP contribution in [0.5, 0.6) is 0 Å². The second kappa shape index (κ2) is 8.48.